The van der Waals surface area contributed by atoms with E-state index in [1.165, 1.54) is 0 Å². The average Bonchev–Trinajstić information content (AvgIpc) is 2.84. The fourth-order valence-corrected chi connectivity index (χ4v) is 2.27. The molecule has 0 radical (unpaired) electrons. The molecule has 2 aromatic rings. The lowest BCUT2D eigenvalue weighted by Crippen LogP contribution is -2.14. The summed E-state index contributed by atoms with van der Waals surface area (Å²) in [4.78, 5) is 11.6. The van der Waals surface area contributed by atoms with Crippen molar-refractivity contribution in [1.82, 2.24) is 10.2 Å². The average molecular weight is 282 g/mol. The number of hydrogen-bond donors (Lipinski definition) is 2. The summed E-state index contributed by atoms with van der Waals surface area (Å²) >= 11 is 7.35. The number of hydrogen-bond acceptors (Lipinski definition) is 3. The summed E-state index contributed by atoms with van der Waals surface area (Å²) in [5, 5.41) is 9.87. The second-order valence-corrected chi connectivity index (χ2v) is 5.06. The number of benzene rings is 1. The van der Waals surface area contributed by atoms with Gasteiger partial charge in [-0.15, -0.1) is 11.8 Å². The first-order valence-corrected chi connectivity index (χ1v) is 6.89. The van der Waals surface area contributed by atoms with Crippen molar-refractivity contribution in [2.24, 2.45) is 0 Å². The smallest absolute Gasteiger partial charge is 0.235 e. The number of aromatic amines is 1. The largest absolute Gasteiger partial charge is 0.310 e. The molecule has 2 rings (SSSR count). The zero-order chi connectivity index (χ0) is 12.8. The predicted octanol–water partition coefficient (Wildman–Crippen LogP) is 2.93. The molecular formula is C12H12ClN3OS. The Morgan fingerprint density at radius 1 is 1.33 bits per heavy atom. The van der Waals surface area contributed by atoms with Crippen LogP contribution in [-0.2, 0) is 10.5 Å². The molecule has 0 fully saturated rings. The van der Waals surface area contributed by atoms with Gasteiger partial charge in [-0.25, -0.2) is 0 Å². The highest BCUT2D eigenvalue weighted by Crippen LogP contribution is 2.15. The van der Waals surface area contributed by atoms with Gasteiger partial charge in [0.2, 0.25) is 5.91 Å². The zero-order valence-electron chi connectivity index (χ0n) is 9.52. The quantitative estimate of drug-likeness (QED) is 0.886. The second-order valence-electron chi connectivity index (χ2n) is 3.64. The molecule has 0 spiro atoms. The number of halogens is 1. The third-order valence-corrected chi connectivity index (χ3v) is 3.45. The maximum absolute atomic E-state index is 11.6. The molecule has 6 heteroatoms. The lowest BCUT2D eigenvalue weighted by atomic mass is 10.2. The van der Waals surface area contributed by atoms with Crippen LogP contribution >= 0.6 is 23.4 Å². The van der Waals surface area contributed by atoms with Crippen molar-refractivity contribution in [3.63, 3.8) is 0 Å². The molecule has 1 heterocycles. The number of carbonyl (C=O) groups excluding carboxylic acids is 1. The third kappa shape index (κ3) is 4.09. The number of aromatic nitrogens is 2. The first-order chi connectivity index (χ1) is 8.74. The molecule has 1 amide bonds. The number of anilines is 1. The van der Waals surface area contributed by atoms with Crippen molar-refractivity contribution in [2.45, 2.75) is 5.75 Å². The lowest BCUT2D eigenvalue weighted by Gasteiger charge is -2.03. The van der Waals surface area contributed by atoms with Gasteiger partial charge in [0.15, 0.2) is 0 Å². The van der Waals surface area contributed by atoms with Gasteiger partial charge in [0.1, 0.15) is 5.82 Å². The molecule has 0 aliphatic heterocycles. The molecule has 1 aromatic heterocycles. The molecule has 4 nitrogen and oxygen atoms in total. The lowest BCUT2D eigenvalue weighted by molar-refractivity contribution is -0.113. The number of nitrogens with one attached hydrogen (secondary N) is 2. The molecule has 0 aliphatic carbocycles. The Kier molecular flexibility index (Phi) is 4.66. The molecule has 94 valence electrons. The Morgan fingerprint density at radius 3 is 2.78 bits per heavy atom. The molecule has 0 unspecified atom stereocenters. The van der Waals surface area contributed by atoms with E-state index in [0.29, 0.717) is 11.6 Å². The maximum Gasteiger partial charge on any atom is 0.235 e. The highest BCUT2D eigenvalue weighted by molar-refractivity contribution is 7.99. The summed E-state index contributed by atoms with van der Waals surface area (Å²) < 4.78 is 0. The summed E-state index contributed by atoms with van der Waals surface area (Å²) in [6, 6.07) is 9.33. The van der Waals surface area contributed by atoms with Crippen LogP contribution in [-0.4, -0.2) is 21.9 Å². The molecular weight excluding hydrogens is 270 g/mol. The predicted molar refractivity (Wildman–Crippen MR) is 74.8 cm³/mol. The summed E-state index contributed by atoms with van der Waals surface area (Å²) in [5.41, 5.74) is 1.15. The van der Waals surface area contributed by atoms with Crippen molar-refractivity contribution in [1.29, 1.82) is 0 Å². The van der Waals surface area contributed by atoms with Crippen molar-refractivity contribution < 1.29 is 4.79 Å². The van der Waals surface area contributed by atoms with Crippen LogP contribution < -0.4 is 5.32 Å². The number of H-pyrrole nitrogens is 1. The van der Waals surface area contributed by atoms with E-state index in [9.17, 15) is 4.79 Å². The minimum atomic E-state index is -0.0433. The minimum Gasteiger partial charge on any atom is -0.310 e. The van der Waals surface area contributed by atoms with Gasteiger partial charge >= 0.3 is 0 Å². The molecule has 0 saturated carbocycles. The maximum atomic E-state index is 11.6. The van der Waals surface area contributed by atoms with Crippen LogP contribution in [0.5, 0.6) is 0 Å². The van der Waals surface area contributed by atoms with Gasteiger partial charge < -0.3 is 5.32 Å². The summed E-state index contributed by atoms with van der Waals surface area (Å²) in [5.74, 6) is 1.76. The first-order valence-electron chi connectivity index (χ1n) is 5.35. The fraction of sp³-hybridized carbons (Fsp3) is 0.167. The number of amides is 1. The van der Waals surface area contributed by atoms with Crippen LogP contribution in [0.1, 0.15) is 5.56 Å². The van der Waals surface area contributed by atoms with E-state index in [-0.39, 0.29) is 5.91 Å². The Bertz CT molecular complexity index is 499. The number of rotatable bonds is 5. The van der Waals surface area contributed by atoms with E-state index in [1.54, 1.807) is 24.0 Å². The van der Waals surface area contributed by atoms with Crippen molar-refractivity contribution in [3.8, 4) is 0 Å². The molecule has 2 N–H and O–H groups in total. The molecule has 0 atom stereocenters. The highest BCUT2D eigenvalue weighted by Gasteiger charge is 2.03. The molecule has 18 heavy (non-hydrogen) atoms. The molecule has 0 aliphatic rings. The topological polar surface area (TPSA) is 57.8 Å². The van der Waals surface area contributed by atoms with E-state index in [4.69, 9.17) is 11.6 Å². The van der Waals surface area contributed by atoms with Gasteiger partial charge in [-0.05, 0) is 17.7 Å². The van der Waals surface area contributed by atoms with Gasteiger partial charge in [0.25, 0.3) is 0 Å². The Hall–Kier alpha value is -1.46. The fourth-order valence-electron chi connectivity index (χ4n) is 1.35. The normalized spacial score (nSPS) is 10.3. The Balaban J connectivity index is 1.72. The molecule has 0 saturated heterocycles. The second kappa shape index (κ2) is 6.47. The summed E-state index contributed by atoms with van der Waals surface area (Å²) in [6.07, 6.45) is 1.59. The van der Waals surface area contributed by atoms with E-state index in [2.05, 4.69) is 15.5 Å². The summed E-state index contributed by atoms with van der Waals surface area (Å²) in [7, 11) is 0. The summed E-state index contributed by atoms with van der Waals surface area (Å²) in [6.45, 7) is 0. The monoisotopic (exact) mass is 281 g/mol. The molecule has 1 aromatic carbocycles. The van der Waals surface area contributed by atoms with E-state index in [0.717, 1.165) is 16.3 Å². The number of nitrogens with zero attached hydrogens (tertiary/aromatic N) is 1. The Labute approximate surface area is 114 Å². The minimum absolute atomic E-state index is 0.0433. The van der Waals surface area contributed by atoms with Crippen LogP contribution in [0.3, 0.4) is 0 Å². The van der Waals surface area contributed by atoms with E-state index < -0.39 is 0 Å². The van der Waals surface area contributed by atoms with Crippen LogP contribution in [0, 0.1) is 0 Å². The van der Waals surface area contributed by atoms with Gasteiger partial charge in [-0.2, -0.15) is 5.10 Å². The van der Waals surface area contributed by atoms with Crippen molar-refractivity contribution in [2.75, 3.05) is 11.1 Å². The zero-order valence-corrected chi connectivity index (χ0v) is 11.1. The third-order valence-electron chi connectivity index (χ3n) is 2.19. The first kappa shape index (κ1) is 13.0. The van der Waals surface area contributed by atoms with Crippen LogP contribution in [0.25, 0.3) is 0 Å². The van der Waals surface area contributed by atoms with Crippen molar-refractivity contribution in [3.05, 3.63) is 47.1 Å². The van der Waals surface area contributed by atoms with Gasteiger partial charge in [-0.3, -0.25) is 9.89 Å². The highest BCUT2D eigenvalue weighted by atomic mass is 35.5. The van der Waals surface area contributed by atoms with E-state index in [1.807, 2.05) is 24.3 Å². The Morgan fingerprint density at radius 2 is 2.11 bits per heavy atom. The van der Waals surface area contributed by atoms with Crippen molar-refractivity contribution >= 4 is 35.1 Å². The molecule has 0 bridgehead atoms. The standard InChI is InChI=1S/C12H12ClN3OS/c13-10-3-1-9(2-4-10)7-18-8-12(17)15-11-5-6-14-16-11/h1-6H,7-8H2,(H2,14,15,16,17). The van der Waals surface area contributed by atoms with Gasteiger partial charge in [0, 0.05) is 16.8 Å². The van der Waals surface area contributed by atoms with E-state index >= 15 is 0 Å². The van der Waals surface area contributed by atoms with Crippen LogP contribution in [0.15, 0.2) is 36.5 Å². The van der Waals surface area contributed by atoms with Crippen LogP contribution in [0.4, 0.5) is 5.82 Å². The van der Waals surface area contributed by atoms with Gasteiger partial charge in [0.05, 0.1) is 11.9 Å². The van der Waals surface area contributed by atoms with Crippen LogP contribution in [0.2, 0.25) is 5.02 Å². The number of thioether (sulfide) groups is 1. The van der Waals surface area contributed by atoms with Gasteiger partial charge in [-0.1, -0.05) is 23.7 Å². The SMILES string of the molecule is O=C(CSCc1ccc(Cl)cc1)Nc1ccn[nH]1. The number of carbonyl (C=O) groups is 1.